The Labute approximate surface area is 85.7 Å². The van der Waals surface area contributed by atoms with Crippen molar-refractivity contribution in [1.29, 1.82) is 0 Å². The molecule has 0 fully saturated rings. The number of hydrogen-bond acceptors (Lipinski definition) is 4. The lowest BCUT2D eigenvalue weighted by atomic mass is 10.2. The molecule has 0 unspecified atom stereocenters. The van der Waals surface area contributed by atoms with Crippen LogP contribution in [0.5, 0.6) is 0 Å². The van der Waals surface area contributed by atoms with Gasteiger partial charge in [-0.15, -0.1) is 0 Å². The second-order valence-electron chi connectivity index (χ2n) is 3.07. The van der Waals surface area contributed by atoms with Gasteiger partial charge in [-0.2, -0.15) is 5.10 Å². The van der Waals surface area contributed by atoms with Crippen LogP contribution in [0.15, 0.2) is 23.0 Å². The van der Waals surface area contributed by atoms with Crippen molar-refractivity contribution in [3.05, 3.63) is 35.5 Å². The minimum absolute atomic E-state index is 0.183. The molecule has 6 heteroatoms. The molecule has 2 aromatic rings. The van der Waals surface area contributed by atoms with Gasteiger partial charge in [0, 0.05) is 11.8 Å². The van der Waals surface area contributed by atoms with E-state index in [2.05, 4.69) is 20.7 Å². The summed E-state index contributed by atoms with van der Waals surface area (Å²) in [7, 11) is 0. The van der Waals surface area contributed by atoms with Crippen molar-refractivity contribution in [2.75, 3.05) is 0 Å². The predicted octanol–water partition coefficient (Wildman–Crippen LogP) is 0.636. The van der Waals surface area contributed by atoms with Crippen molar-refractivity contribution in [3.8, 4) is 0 Å². The summed E-state index contributed by atoms with van der Waals surface area (Å²) in [6.07, 6.45) is 3.02. The van der Waals surface area contributed by atoms with Crippen molar-refractivity contribution >= 4 is 5.91 Å². The van der Waals surface area contributed by atoms with Crippen LogP contribution in [0.4, 0.5) is 0 Å². The largest absolute Gasteiger partial charge is 0.360 e. The highest BCUT2D eigenvalue weighted by molar-refractivity contribution is 5.94. The van der Waals surface area contributed by atoms with Gasteiger partial charge in [-0.25, -0.2) is 0 Å². The van der Waals surface area contributed by atoms with Crippen LogP contribution in [0.2, 0.25) is 0 Å². The van der Waals surface area contributed by atoms with E-state index in [1.54, 1.807) is 13.0 Å². The van der Waals surface area contributed by atoms with E-state index in [0.29, 0.717) is 17.9 Å². The molecule has 2 rings (SSSR count). The van der Waals surface area contributed by atoms with E-state index in [1.807, 2.05) is 0 Å². The molecule has 0 saturated carbocycles. The van der Waals surface area contributed by atoms with Gasteiger partial charge in [0.25, 0.3) is 5.91 Å². The van der Waals surface area contributed by atoms with E-state index in [1.165, 1.54) is 12.4 Å². The minimum atomic E-state index is -0.183. The standard InChI is InChI=1S/C9H10N4O2/c1-6-8(5-11-13-6)9(14)10-4-7-2-3-12-15-7/h2-3,5H,4H2,1H3,(H,10,14)(H,11,13). The molecule has 0 aliphatic rings. The number of nitrogens with one attached hydrogen (secondary N) is 2. The first-order valence-corrected chi connectivity index (χ1v) is 4.45. The van der Waals surface area contributed by atoms with Crippen LogP contribution in [0.25, 0.3) is 0 Å². The van der Waals surface area contributed by atoms with Crippen molar-refractivity contribution in [2.24, 2.45) is 0 Å². The van der Waals surface area contributed by atoms with Crippen molar-refractivity contribution in [2.45, 2.75) is 13.5 Å². The van der Waals surface area contributed by atoms with Crippen LogP contribution in [-0.2, 0) is 6.54 Å². The number of carbonyl (C=O) groups is 1. The zero-order valence-electron chi connectivity index (χ0n) is 8.15. The van der Waals surface area contributed by atoms with Gasteiger partial charge in [0.1, 0.15) is 0 Å². The Morgan fingerprint density at radius 1 is 1.67 bits per heavy atom. The Hall–Kier alpha value is -2.11. The van der Waals surface area contributed by atoms with Crippen LogP contribution in [0.3, 0.4) is 0 Å². The first kappa shape index (κ1) is 9.45. The molecule has 2 heterocycles. The lowest BCUT2D eigenvalue weighted by Gasteiger charge is -2.00. The molecule has 6 nitrogen and oxygen atoms in total. The van der Waals surface area contributed by atoms with Crippen LogP contribution >= 0.6 is 0 Å². The number of aromatic amines is 1. The number of H-pyrrole nitrogens is 1. The van der Waals surface area contributed by atoms with Crippen LogP contribution in [-0.4, -0.2) is 21.3 Å². The number of aryl methyl sites for hydroxylation is 1. The summed E-state index contributed by atoms with van der Waals surface area (Å²) in [6, 6.07) is 1.70. The number of nitrogens with zero attached hydrogens (tertiary/aromatic N) is 2. The van der Waals surface area contributed by atoms with Gasteiger partial charge in [0.15, 0.2) is 5.76 Å². The lowest BCUT2D eigenvalue weighted by molar-refractivity contribution is 0.0946. The van der Waals surface area contributed by atoms with Gasteiger partial charge in [-0.3, -0.25) is 9.89 Å². The summed E-state index contributed by atoms with van der Waals surface area (Å²) in [5.41, 5.74) is 1.28. The second-order valence-corrected chi connectivity index (χ2v) is 3.07. The summed E-state index contributed by atoms with van der Waals surface area (Å²) in [4.78, 5) is 11.6. The molecule has 15 heavy (non-hydrogen) atoms. The monoisotopic (exact) mass is 206 g/mol. The minimum Gasteiger partial charge on any atom is -0.360 e. The van der Waals surface area contributed by atoms with E-state index in [-0.39, 0.29) is 5.91 Å². The topological polar surface area (TPSA) is 83.8 Å². The van der Waals surface area contributed by atoms with Gasteiger partial charge in [-0.05, 0) is 6.92 Å². The molecular formula is C9H10N4O2. The molecule has 2 aromatic heterocycles. The second kappa shape index (κ2) is 3.95. The highest BCUT2D eigenvalue weighted by Crippen LogP contribution is 2.03. The van der Waals surface area contributed by atoms with E-state index in [0.717, 1.165) is 5.69 Å². The first-order chi connectivity index (χ1) is 7.27. The fourth-order valence-electron chi connectivity index (χ4n) is 1.18. The maximum absolute atomic E-state index is 11.6. The van der Waals surface area contributed by atoms with E-state index >= 15 is 0 Å². The maximum atomic E-state index is 11.6. The molecule has 78 valence electrons. The molecule has 0 spiro atoms. The molecule has 0 bridgehead atoms. The first-order valence-electron chi connectivity index (χ1n) is 4.45. The third-order valence-electron chi connectivity index (χ3n) is 1.99. The number of aromatic nitrogens is 3. The SMILES string of the molecule is Cc1[nH]ncc1C(=O)NCc1ccno1. The van der Waals surface area contributed by atoms with Crippen molar-refractivity contribution < 1.29 is 9.32 Å². The van der Waals surface area contributed by atoms with Gasteiger partial charge < -0.3 is 9.84 Å². The summed E-state index contributed by atoms with van der Waals surface area (Å²) in [6.45, 7) is 2.11. The van der Waals surface area contributed by atoms with Crippen LogP contribution in [0.1, 0.15) is 21.8 Å². The van der Waals surface area contributed by atoms with Gasteiger partial charge in [0.05, 0.1) is 24.5 Å². The Morgan fingerprint density at radius 3 is 3.13 bits per heavy atom. The molecule has 0 atom stereocenters. The summed E-state index contributed by atoms with van der Waals surface area (Å²) in [5.74, 6) is 0.433. The smallest absolute Gasteiger partial charge is 0.255 e. The van der Waals surface area contributed by atoms with E-state index in [4.69, 9.17) is 4.52 Å². The van der Waals surface area contributed by atoms with E-state index in [9.17, 15) is 4.79 Å². The van der Waals surface area contributed by atoms with Gasteiger partial charge in [0.2, 0.25) is 0 Å². The lowest BCUT2D eigenvalue weighted by Crippen LogP contribution is -2.22. The maximum Gasteiger partial charge on any atom is 0.255 e. The average Bonchev–Trinajstić information content (AvgIpc) is 2.84. The highest BCUT2D eigenvalue weighted by Gasteiger charge is 2.10. The summed E-state index contributed by atoms with van der Waals surface area (Å²) in [5, 5.41) is 12.7. The molecule has 0 aromatic carbocycles. The van der Waals surface area contributed by atoms with Crippen LogP contribution < -0.4 is 5.32 Å². The van der Waals surface area contributed by atoms with Gasteiger partial charge in [-0.1, -0.05) is 5.16 Å². The summed E-state index contributed by atoms with van der Waals surface area (Å²) >= 11 is 0. The number of hydrogen-bond donors (Lipinski definition) is 2. The van der Waals surface area contributed by atoms with Crippen molar-refractivity contribution in [3.63, 3.8) is 0 Å². The third-order valence-corrected chi connectivity index (χ3v) is 1.99. The Bertz CT molecular complexity index is 446. The predicted molar refractivity (Wildman–Crippen MR) is 51.0 cm³/mol. The number of amides is 1. The van der Waals surface area contributed by atoms with Gasteiger partial charge >= 0.3 is 0 Å². The molecule has 0 radical (unpaired) electrons. The Morgan fingerprint density at radius 2 is 2.53 bits per heavy atom. The normalized spacial score (nSPS) is 10.2. The Kier molecular flexibility index (Phi) is 2.49. The fraction of sp³-hybridized carbons (Fsp3) is 0.222. The quantitative estimate of drug-likeness (QED) is 0.771. The number of rotatable bonds is 3. The van der Waals surface area contributed by atoms with Crippen LogP contribution in [0, 0.1) is 6.92 Å². The summed E-state index contributed by atoms with van der Waals surface area (Å²) < 4.78 is 4.84. The molecule has 0 saturated heterocycles. The van der Waals surface area contributed by atoms with E-state index < -0.39 is 0 Å². The number of carbonyl (C=O) groups excluding carboxylic acids is 1. The molecule has 1 amide bonds. The molecule has 2 N–H and O–H groups in total. The fourth-order valence-corrected chi connectivity index (χ4v) is 1.18. The Balaban J connectivity index is 1.96. The zero-order chi connectivity index (χ0) is 10.7. The average molecular weight is 206 g/mol. The van der Waals surface area contributed by atoms with Crippen molar-refractivity contribution in [1.82, 2.24) is 20.7 Å². The highest BCUT2D eigenvalue weighted by atomic mass is 16.5. The zero-order valence-corrected chi connectivity index (χ0v) is 8.15. The third kappa shape index (κ3) is 2.04. The molecular weight excluding hydrogens is 196 g/mol. The molecule has 0 aliphatic carbocycles. The molecule has 0 aliphatic heterocycles.